The van der Waals surface area contributed by atoms with Gasteiger partial charge in [0.1, 0.15) is 0 Å². The third-order valence-electron chi connectivity index (χ3n) is 4.97. The molecular weight excluding hydrogens is 298 g/mol. The van der Waals surface area contributed by atoms with E-state index in [1.165, 1.54) is 11.1 Å². The van der Waals surface area contributed by atoms with Gasteiger partial charge in [0.25, 0.3) is 0 Å². The van der Waals surface area contributed by atoms with Crippen molar-refractivity contribution in [2.45, 2.75) is 58.5 Å². The molecule has 0 aromatic heterocycles. The van der Waals surface area contributed by atoms with Gasteiger partial charge in [-0.05, 0) is 55.9 Å². The lowest BCUT2D eigenvalue weighted by Gasteiger charge is -2.30. The number of carbonyl (C=O) groups excluding carboxylic acids is 1. The lowest BCUT2D eigenvalue weighted by Crippen LogP contribution is -2.48. The predicted molar refractivity (Wildman–Crippen MR) is 100 cm³/mol. The van der Waals surface area contributed by atoms with E-state index in [0.29, 0.717) is 11.8 Å². The van der Waals surface area contributed by atoms with Crippen LogP contribution in [0, 0.1) is 5.92 Å². The Kier molecular flexibility index (Phi) is 6.67. The second-order valence-corrected chi connectivity index (χ2v) is 7.74. The number of nitrogens with zero attached hydrogens (tertiary/aromatic N) is 1. The molecule has 0 radical (unpaired) electrons. The first kappa shape index (κ1) is 18.8. The maximum Gasteiger partial charge on any atom is 0.315 e. The van der Waals surface area contributed by atoms with E-state index in [4.69, 9.17) is 0 Å². The number of hydrogen-bond donors (Lipinski definition) is 2. The van der Waals surface area contributed by atoms with E-state index in [0.717, 1.165) is 25.9 Å². The zero-order valence-corrected chi connectivity index (χ0v) is 15.8. The Morgan fingerprint density at radius 3 is 2.08 bits per heavy atom. The van der Waals surface area contributed by atoms with Crippen LogP contribution in [0.2, 0.25) is 0 Å². The Balaban J connectivity index is 1.96. The third-order valence-corrected chi connectivity index (χ3v) is 4.97. The number of hydrogen-bond acceptors (Lipinski definition) is 2. The minimum atomic E-state index is -0.0452. The molecule has 1 heterocycles. The van der Waals surface area contributed by atoms with Gasteiger partial charge in [-0.15, -0.1) is 0 Å². The highest BCUT2D eigenvalue weighted by Crippen LogP contribution is 2.24. The van der Waals surface area contributed by atoms with Crippen molar-refractivity contribution in [2.24, 2.45) is 5.92 Å². The first-order chi connectivity index (χ1) is 11.4. The lowest BCUT2D eigenvalue weighted by atomic mass is 9.93. The smallest absolute Gasteiger partial charge is 0.315 e. The van der Waals surface area contributed by atoms with Gasteiger partial charge in [-0.1, -0.05) is 52.0 Å². The molecular formula is C20H33N3O. The fraction of sp³-hybridized carbons (Fsp3) is 0.650. The minimum Gasteiger partial charge on any atom is -0.335 e. The molecule has 1 unspecified atom stereocenters. The molecule has 2 rings (SSSR count). The molecule has 1 atom stereocenters. The Morgan fingerprint density at radius 2 is 1.58 bits per heavy atom. The lowest BCUT2D eigenvalue weighted by molar-refractivity contribution is 0.209. The van der Waals surface area contributed by atoms with Crippen LogP contribution < -0.4 is 10.6 Å². The molecule has 1 aliphatic heterocycles. The van der Waals surface area contributed by atoms with Gasteiger partial charge in [-0.25, -0.2) is 4.79 Å². The molecule has 4 nitrogen and oxygen atoms in total. The number of urea groups is 1. The molecule has 1 aliphatic rings. The minimum absolute atomic E-state index is 0.0393. The normalized spacial score (nSPS) is 18.0. The van der Waals surface area contributed by atoms with Crippen LogP contribution in [0.3, 0.4) is 0 Å². The zero-order valence-electron chi connectivity index (χ0n) is 15.8. The highest BCUT2D eigenvalue weighted by molar-refractivity contribution is 5.74. The molecule has 0 aliphatic carbocycles. The van der Waals surface area contributed by atoms with Crippen LogP contribution in [0.25, 0.3) is 0 Å². The van der Waals surface area contributed by atoms with E-state index in [1.807, 2.05) is 0 Å². The second kappa shape index (κ2) is 8.52. The maximum atomic E-state index is 12.4. The molecule has 24 heavy (non-hydrogen) atoms. The van der Waals surface area contributed by atoms with Gasteiger partial charge >= 0.3 is 6.03 Å². The van der Waals surface area contributed by atoms with E-state index >= 15 is 0 Å². The van der Waals surface area contributed by atoms with Gasteiger partial charge in [0, 0.05) is 6.04 Å². The van der Waals surface area contributed by atoms with E-state index in [1.54, 1.807) is 0 Å². The van der Waals surface area contributed by atoms with Crippen LogP contribution in [0.1, 0.15) is 63.6 Å². The van der Waals surface area contributed by atoms with Crippen molar-refractivity contribution in [1.29, 1.82) is 0 Å². The van der Waals surface area contributed by atoms with Gasteiger partial charge < -0.3 is 15.5 Å². The average Bonchev–Trinajstić information content (AvgIpc) is 2.54. The van der Waals surface area contributed by atoms with Crippen LogP contribution in [-0.2, 0) is 0 Å². The molecule has 0 saturated carbocycles. The first-order valence-electron chi connectivity index (χ1n) is 9.22. The van der Waals surface area contributed by atoms with Crippen molar-refractivity contribution in [3.05, 3.63) is 35.4 Å². The number of amides is 2. The number of benzene rings is 1. The molecule has 134 valence electrons. The third kappa shape index (κ3) is 5.23. The highest BCUT2D eigenvalue weighted by atomic mass is 16.2. The average molecular weight is 332 g/mol. The number of piperidine rings is 1. The Labute approximate surface area is 147 Å². The standard InChI is InChI=1S/C20H33N3O/c1-14(2)16-6-8-17(9-7-16)19(15(3)4)22-20(24)21-18-10-12-23(5)13-11-18/h6-9,14-15,18-19H,10-13H2,1-5H3,(H2,21,22,24). The van der Waals surface area contributed by atoms with Crippen LogP contribution in [0.15, 0.2) is 24.3 Å². The van der Waals surface area contributed by atoms with Gasteiger partial charge in [-0.3, -0.25) is 0 Å². The maximum absolute atomic E-state index is 12.4. The van der Waals surface area contributed by atoms with Gasteiger partial charge in [0.05, 0.1) is 6.04 Å². The summed E-state index contributed by atoms with van der Waals surface area (Å²) in [6, 6.07) is 8.93. The summed E-state index contributed by atoms with van der Waals surface area (Å²) in [5, 5.41) is 6.32. The van der Waals surface area contributed by atoms with Crippen LogP contribution >= 0.6 is 0 Å². The summed E-state index contributed by atoms with van der Waals surface area (Å²) < 4.78 is 0. The van der Waals surface area contributed by atoms with Crippen molar-refractivity contribution in [3.63, 3.8) is 0 Å². The van der Waals surface area contributed by atoms with E-state index in [2.05, 4.69) is 74.5 Å². The number of carbonyl (C=O) groups is 1. The second-order valence-electron chi connectivity index (χ2n) is 7.74. The Morgan fingerprint density at radius 1 is 1.04 bits per heavy atom. The van der Waals surface area contributed by atoms with Crippen LogP contribution in [-0.4, -0.2) is 37.1 Å². The topological polar surface area (TPSA) is 44.4 Å². The molecule has 4 heteroatoms. The van der Waals surface area contributed by atoms with Crippen molar-refractivity contribution in [1.82, 2.24) is 15.5 Å². The van der Waals surface area contributed by atoms with E-state index < -0.39 is 0 Å². The summed E-state index contributed by atoms with van der Waals surface area (Å²) in [7, 11) is 2.13. The number of likely N-dealkylation sites (tertiary alicyclic amines) is 1. The van der Waals surface area contributed by atoms with Gasteiger partial charge in [-0.2, -0.15) is 0 Å². The van der Waals surface area contributed by atoms with Crippen LogP contribution in [0.5, 0.6) is 0 Å². The quantitative estimate of drug-likeness (QED) is 0.859. The summed E-state index contributed by atoms with van der Waals surface area (Å²) >= 11 is 0. The number of nitrogens with one attached hydrogen (secondary N) is 2. The van der Waals surface area contributed by atoms with Crippen molar-refractivity contribution in [3.8, 4) is 0 Å². The predicted octanol–water partition coefficient (Wildman–Crippen LogP) is 3.90. The fourth-order valence-electron chi connectivity index (χ4n) is 3.24. The highest BCUT2D eigenvalue weighted by Gasteiger charge is 2.22. The molecule has 2 amide bonds. The first-order valence-corrected chi connectivity index (χ1v) is 9.22. The molecule has 0 spiro atoms. The summed E-state index contributed by atoms with van der Waals surface area (Å²) in [6.07, 6.45) is 2.05. The molecule has 1 fully saturated rings. The van der Waals surface area contributed by atoms with Crippen LogP contribution in [0.4, 0.5) is 4.79 Å². The van der Waals surface area contributed by atoms with Crippen molar-refractivity contribution < 1.29 is 4.79 Å². The fourth-order valence-corrected chi connectivity index (χ4v) is 3.24. The van der Waals surface area contributed by atoms with Crippen molar-refractivity contribution in [2.75, 3.05) is 20.1 Å². The Hall–Kier alpha value is -1.55. The monoisotopic (exact) mass is 331 g/mol. The summed E-state index contributed by atoms with van der Waals surface area (Å²) in [4.78, 5) is 14.7. The summed E-state index contributed by atoms with van der Waals surface area (Å²) in [5.41, 5.74) is 2.50. The zero-order chi connectivity index (χ0) is 17.7. The van der Waals surface area contributed by atoms with Gasteiger partial charge in [0.15, 0.2) is 0 Å². The molecule has 0 bridgehead atoms. The number of rotatable bonds is 5. The largest absolute Gasteiger partial charge is 0.335 e. The molecule has 2 N–H and O–H groups in total. The molecule has 1 aromatic carbocycles. The Bertz CT molecular complexity index is 516. The summed E-state index contributed by atoms with van der Waals surface area (Å²) in [6.45, 7) is 10.8. The van der Waals surface area contributed by atoms with Crippen molar-refractivity contribution >= 4 is 6.03 Å². The molecule has 1 saturated heterocycles. The molecule has 1 aromatic rings. The SMILES string of the molecule is CC(C)c1ccc(C(NC(=O)NC2CCN(C)CC2)C(C)C)cc1. The summed E-state index contributed by atoms with van der Waals surface area (Å²) in [5.74, 6) is 0.871. The van der Waals surface area contributed by atoms with E-state index in [9.17, 15) is 4.79 Å². The van der Waals surface area contributed by atoms with Gasteiger partial charge in [0.2, 0.25) is 0 Å². The van der Waals surface area contributed by atoms with E-state index in [-0.39, 0.29) is 18.1 Å².